The molecule has 0 bridgehead atoms. The molecule has 140 valence electrons. The minimum absolute atomic E-state index is 0.164. The number of barbiturate groups is 1. The minimum Gasteiger partial charge on any atom is -0.496 e. The van der Waals surface area contributed by atoms with Crippen molar-refractivity contribution >= 4 is 23.9 Å². The zero-order valence-corrected chi connectivity index (χ0v) is 15.3. The fourth-order valence-corrected chi connectivity index (χ4v) is 2.53. The molecule has 0 saturated carbocycles. The molecule has 1 fully saturated rings. The summed E-state index contributed by atoms with van der Waals surface area (Å²) in [7, 11) is 4.41. The minimum atomic E-state index is -0.757. The van der Waals surface area contributed by atoms with Gasteiger partial charge in [-0.1, -0.05) is 13.3 Å². The summed E-state index contributed by atoms with van der Waals surface area (Å²) in [5, 5.41) is 2.19. The van der Waals surface area contributed by atoms with E-state index in [1.165, 1.54) is 27.4 Å². The number of carbonyl (C=O) groups is 3. The molecule has 8 nitrogen and oxygen atoms in total. The molecule has 1 N–H and O–H groups in total. The lowest BCUT2D eigenvalue weighted by atomic mass is 10.0. The van der Waals surface area contributed by atoms with Crippen LogP contribution < -0.4 is 19.5 Å². The normalized spacial score (nSPS) is 15.9. The third kappa shape index (κ3) is 3.79. The van der Waals surface area contributed by atoms with Gasteiger partial charge in [0.1, 0.15) is 22.8 Å². The van der Waals surface area contributed by atoms with Crippen LogP contribution in [0.25, 0.3) is 6.08 Å². The first-order valence-corrected chi connectivity index (χ1v) is 8.15. The lowest BCUT2D eigenvalue weighted by Crippen LogP contribution is -2.54. The number of ether oxygens (including phenoxy) is 3. The van der Waals surface area contributed by atoms with Gasteiger partial charge < -0.3 is 14.2 Å². The zero-order chi connectivity index (χ0) is 19.3. The predicted octanol–water partition coefficient (Wildman–Crippen LogP) is 1.97. The van der Waals surface area contributed by atoms with Crippen molar-refractivity contribution in [2.24, 2.45) is 0 Å². The molecular weight excluding hydrogens is 340 g/mol. The number of methoxy groups -OCH3 is 3. The fraction of sp³-hybridized carbons (Fsp3) is 0.389. The van der Waals surface area contributed by atoms with Crippen LogP contribution in [0.15, 0.2) is 17.7 Å². The summed E-state index contributed by atoms with van der Waals surface area (Å²) in [6, 6.07) is 2.51. The largest absolute Gasteiger partial charge is 0.496 e. The van der Waals surface area contributed by atoms with Crippen molar-refractivity contribution in [3.05, 3.63) is 23.3 Å². The molecule has 0 radical (unpaired) electrons. The summed E-state index contributed by atoms with van der Waals surface area (Å²) < 4.78 is 15.8. The Labute approximate surface area is 151 Å². The summed E-state index contributed by atoms with van der Waals surface area (Å²) >= 11 is 0. The van der Waals surface area contributed by atoms with E-state index in [1.54, 1.807) is 12.1 Å². The first-order chi connectivity index (χ1) is 12.5. The molecule has 1 aliphatic heterocycles. The van der Waals surface area contributed by atoms with Crippen molar-refractivity contribution in [3.63, 3.8) is 0 Å². The third-order valence-electron chi connectivity index (χ3n) is 3.96. The van der Waals surface area contributed by atoms with E-state index in [-0.39, 0.29) is 12.1 Å². The molecule has 4 amide bonds. The first kappa shape index (κ1) is 19.3. The van der Waals surface area contributed by atoms with Gasteiger partial charge in [-0.2, -0.15) is 0 Å². The molecule has 1 aromatic rings. The van der Waals surface area contributed by atoms with Crippen LogP contribution in [0, 0.1) is 0 Å². The molecule has 0 atom stereocenters. The van der Waals surface area contributed by atoms with E-state index in [9.17, 15) is 14.4 Å². The van der Waals surface area contributed by atoms with E-state index in [1.807, 2.05) is 6.92 Å². The predicted molar refractivity (Wildman–Crippen MR) is 94.2 cm³/mol. The van der Waals surface area contributed by atoms with E-state index >= 15 is 0 Å². The average Bonchev–Trinajstić information content (AvgIpc) is 2.64. The Balaban J connectivity index is 2.51. The highest BCUT2D eigenvalue weighted by molar-refractivity contribution is 6.31. The van der Waals surface area contributed by atoms with E-state index < -0.39 is 17.8 Å². The Morgan fingerprint density at radius 2 is 1.65 bits per heavy atom. The summed E-state index contributed by atoms with van der Waals surface area (Å²) in [6.07, 6.45) is 2.82. The number of carbonyl (C=O) groups excluding carboxylic acids is 3. The highest BCUT2D eigenvalue weighted by Crippen LogP contribution is 2.36. The first-order valence-electron chi connectivity index (χ1n) is 8.15. The number of imide groups is 2. The van der Waals surface area contributed by atoms with Crippen LogP contribution >= 0.6 is 0 Å². The van der Waals surface area contributed by atoms with Gasteiger partial charge in [0.05, 0.1) is 26.9 Å². The van der Waals surface area contributed by atoms with Crippen molar-refractivity contribution in [1.29, 1.82) is 0 Å². The van der Waals surface area contributed by atoms with Gasteiger partial charge in [0.2, 0.25) is 0 Å². The Morgan fingerprint density at radius 3 is 2.15 bits per heavy atom. The third-order valence-corrected chi connectivity index (χ3v) is 3.96. The highest BCUT2D eigenvalue weighted by Gasteiger charge is 2.35. The van der Waals surface area contributed by atoms with Crippen molar-refractivity contribution in [2.75, 3.05) is 27.9 Å². The summed E-state index contributed by atoms with van der Waals surface area (Å²) in [5.74, 6) is -0.169. The fourth-order valence-electron chi connectivity index (χ4n) is 2.53. The Hall–Kier alpha value is -3.03. The van der Waals surface area contributed by atoms with Crippen LogP contribution in [-0.4, -0.2) is 50.6 Å². The van der Waals surface area contributed by atoms with Crippen molar-refractivity contribution in [1.82, 2.24) is 10.2 Å². The maximum atomic E-state index is 12.6. The number of benzene rings is 1. The topological polar surface area (TPSA) is 94.2 Å². The molecule has 8 heteroatoms. The number of nitrogens with zero attached hydrogens (tertiary/aromatic N) is 1. The number of unbranched alkanes of at least 4 members (excludes halogenated alkanes) is 1. The van der Waals surface area contributed by atoms with Crippen LogP contribution in [0.1, 0.15) is 25.3 Å². The molecular formula is C18H22N2O6. The van der Waals surface area contributed by atoms with E-state index in [2.05, 4.69) is 5.32 Å². The number of hydrogen-bond donors (Lipinski definition) is 1. The molecule has 1 heterocycles. The molecule has 1 aromatic carbocycles. The zero-order valence-electron chi connectivity index (χ0n) is 15.3. The molecule has 0 unspecified atom stereocenters. The van der Waals surface area contributed by atoms with E-state index in [0.717, 1.165) is 11.3 Å². The van der Waals surface area contributed by atoms with Crippen LogP contribution in [0.5, 0.6) is 17.2 Å². The lowest BCUT2D eigenvalue weighted by Gasteiger charge is -2.26. The van der Waals surface area contributed by atoms with Gasteiger partial charge in [0.25, 0.3) is 11.8 Å². The second-order valence-corrected chi connectivity index (χ2v) is 5.57. The number of hydrogen-bond acceptors (Lipinski definition) is 6. The number of rotatable bonds is 7. The summed E-state index contributed by atoms with van der Waals surface area (Å²) in [6.45, 7) is 2.18. The molecule has 2 rings (SSSR count). The van der Waals surface area contributed by atoms with Gasteiger partial charge in [0.15, 0.2) is 0 Å². The Morgan fingerprint density at radius 1 is 1.04 bits per heavy atom. The summed E-state index contributed by atoms with van der Waals surface area (Å²) in [5.41, 5.74) is 0.238. The van der Waals surface area contributed by atoms with Crippen LogP contribution in [0.2, 0.25) is 0 Å². The molecule has 26 heavy (non-hydrogen) atoms. The maximum absolute atomic E-state index is 12.6. The SMILES string of the molecule is CCCCN1C(=O)NC(=O)/C(=C\c2c(OC)cc(OC)cc2OC)C1=O. The van der Waals surface area contributed by atoms with E-state index in [4.69, 9.17) is 14.2 Å². The van der Waals surface area contributed by atoms with Crippen molar-refractivity contribution in [3.8, 4) is 17.2 Å². The van der Waals surface area contributed by atoms with Crippen LogP contribution in [0.4, 0.5) is 4.79 Å². The highest BCUT2D eigenvalue weighted by atomic mass is 16.5. The van der Waals surface area contributed by atoms with Crippen molar-refractivity contribution < 1.29 is 28.6 Å². The van der Waals surface area contributed by atoms with Gasteiger partial charge >= 0.3 is 6.03 Å². The van der Waals surface area contributed by atoms with Gasteiger partial charge in [0, 0.05) is 18.7 Å². The Kier molecular flexibility index (Phi) is 6.21. The monoisotopic (exact) mass is 362 g/mol. The standard InChI is InChI=1S/C18H22N2O6/c1-5-6-7-20-17(22)13(16(21)19-18(20)23)10-12-14(25-3)8-11(24-2)9-15(12)26-4/h8-10H,5-7H2,1-4H3,(H,19,21,23)/b13-10+. The van der Waals surface area contributed by atoms with Crippen LogP contribution in [0.3, 0.4) is 0 Å². The summed E-state index contributed by atoms with van der Waals surface area (Å²) in [4.78, 5) is 37.8. The van der Waals surface area contributed by atoms with E-state index in [0.29, 0.717) is 29.2 Å². The van der Waals surface area contributed by atoms with Gasteiger partial charge in [-0.05, 0) is 12.5 Å². The number of urea groups is 1. The molecule has 0 aliphatic carbocycles. The van der Waals surface area contributed by atoms with Gasteiger partial charge in [-0.3, -0.25) is 19.8 Å². The number of nitrogens with one attached hydrogen (secondary N) is 1. The quantitative estimate of drug-likeness (QED) is 0.589. The molecule has 0 spiro atoms. The molecule has 0 aromatic heterocycles. The second-order valence-electron chi connectivity index (χ2n) is 5.57. The maximum Gasteiger partial charge on any atom is 0.331 e. The van der Waals surface area contributed by atoms with Crippen molar-refractivity contribution in [2.45, 2.75) is 19.8 Å². The number of amides is 4. The second kappa shape index (κ2) is 8.37. The molecule has 1 saturated heterocycles. The van der Waals surface area contributed by atoms with Gasteiger partial charge in [-0.25, -0.2) is 4.79 Å². The van der Waals surface area contributed by atoms with Crippen LogP contribution in [-0.2, 0) is 9.59 Å². The Bertz CT molecular complexity index is 731. The molecule has 1 aliphatic rings. The lowest BCUT2D eigenvalue weighted by molar-refractivity contribution is -0.130. The van der Waals surface area contributed by atoms with Gasteiger partial charge in [-0.15, -0.1) is 0 Å². The average molecular weight is 362 g/mol. The smallest absolute Gasteiger partial charge is 0.331 e.